The van der Waals surface area contributed by atoms with E-state index in [9.17, 15) is 13.6 Å². The van der Waals surface area contributed by atoms with Gasteiger partial charge >= 0.3 is 0 Å². The highest BCUT2D eigenvalue weighted by Crippen LogP contribution is 2.23. The summed E-state index contributed by atoms with van der Waals surface area (Å²) >= 11 is 7.09. The van der Waals surface area contributed by atoms with E-state index in [4.69, 9.17) is 11.6 Å². The monoisotopic (exact) mass is 331 g/mol. The Labute approximate surface area is 97.8 Å². The number of carbonyl (C=O) groups excluding carboxylic acids is 1. The number of carbonyl (C=O) groups is 1. The van der Waals surface area contributed by atoms with Crippen LogP contribution in [0, 0.1) is 10.5 Å². The lowest BCUT2D eigenvalue weighted by Gasteiger charge is -2.06. The van der Waals surface area contributed by atoms with E-state index in [-0.39, 0.29) is 5.56 Å². The third-order valence-electron chi connectivity index (χ3n) is 1.58. The van der Waals surface area contributed by atoms with Crippen LogP contribution < -0.4 is 0 Å². The summed E-state index contributed by atoms with van der Waals surface area (Å²) in [4.78, 5) is 14.5. The predicted octanol–water partition coefficient (Wildman–Crippen LogP) is 3.31. The molecule has 1 heterocycles. The highest BCUT2D eigenvalue weighted by Gasteiger charge is 2.17. The van der Waals surface area contributed by atoms with Crippen LogP contribution in [0.2, 0.25) is 0 Å². The zero-order valence-corrected chi connectivity index (χ0v) is 9.94. The van der Waals surface area contributed by atoms with Gasteiger partial charge in [-0.25, -0.2) is 8.78 Å². The van der Waals surface area contributed by atoms with E-state index in [1.807, 2.05) is 22.6 Å². The SMILES string of the molecule is Cc1nc(C(F)F)cc(C(=O)Cl)c1I. The minimum absolute atomic E-state index is 0.0788. The molecule has 0 amide bonds. The first-order valence-corrected chi connectivity index (χ1v) is 5.04. The maximum Gasteiger partial charge on any atom is 0.280 e. The minimum Gasteiger partial charge on any atom is -0.276 e. The molecule has 0 saturated heterocycles. The maximum atomic E-state index is 12.3. The quantitative estimate of drug-likeness (QED) is 0.615. The second kappa shape index (κ2) is 4.48. The van der Waals surface area contributed by atoms with Crippen molar-refractivity contribution in [1.29, 1.82) is 0 Å². The van der Waals surface area contributed by atoms with Crippen LogP contribution >= 0.6 is 34.2 Å². The fourth-order valence-corrected chi connectivity index (χ4v) is 1.77. The lowest BCUT2D eigenvalue weighted by Crippen LogP contribution is -2.03. The minimum atomic E-state index is -2.69. The first kappa shape index (κ1) is 11.8. The summed E-state index contributed by atoms with van der Waals surface area (Å²) in [7, 11) is 0. The average Bonchev–Trinajstić information content (AvgIpc) is 2.08. The van der Waals surface area contributed by atoms with Gasteiger partial charge in [-0.2, -0.15) is 0 Å². The molecule has 0 aliphatic heterocycles. The number of hydrogen-bond acceptors (Lipinski definition) is 2. The van der Waals surface area contributed by atoms with Gasteiger partial charge in [0.15, 0.2) is 0 Å². The van der Waals surface area contributed by atoms with Crippen LogP contribution in [0.3, 0.4) is 0 Å². The summed E-state index contributed by atoms with van der Waals surface area (Å²) in [5.74, 6) is 0. The molecule has 0 spiro atoms. The number of aryl methyl sites for hydroxylation is 1. The van der Waals surface area contributed by atoms with Crippen molar-refractivity contribution in [1.82, 2.24) is 4.98 Å². The molecule has 0 saturated carbocycles. The Kier molecular flexibility index (Phi) is 3.77. The molecule has 0 aliphatic rings. The molecule has 0 aromatic carbocycles. The standard InChI is InChI=1S/C8H5ClF2INO/c1-3-6(12)4(7(9)14)2-5(13-3)8(10)11/h2,8H,1H3. The van der Waals surface area contributed by atoms with E-state index in [1.165, 1.54) is 0 Å². The Bertz CT molecular complexity index is 384. The predicted molar refractivity (Wildman–Crippen MR) is 56.8 cm³/mol. The van der Waals surface area contributed by atoms with Crippen LogP contribution in [-0.2, 0) is 0 Å². The summed E-state index contributed by atoms with van der Waals surface area (Å²) in [6.07, 6.45) is -2.69. The molecule has 1 rings (SSSR count). The highest BCUT2D eigenvalue weighted by molar-refractivity contribution is 14.1. The zero-order chi connectivity index (χ0) is 10.9. The van der Waals surface area contributed by atoms with Crippen LogP contribution in [0.25, 0.3) is 0 Å². The van der Waals surface area contributed by atoms with Crippen molar-refractivity contribution in [2.45, 2.75) is 13.3 Å². The van der Waals surface area contributed by atoms with Gasteiger partial charge in [-0.05, 0) is 47.2 Å². The second-order valence-electron chi connectivity index (χ2n) is 2.57. The molecule has 6 heteroatoms. The third-order valence-corrected chi connectivity index (χ3v) is 3.14. The van der Waals surface area contributed by atoms with E-state index in [0.29, 0.717) is 9.26 Å². The maximum absolute atomic E-state index is 12.3. The Hall–Kier alpha value is -0.300. The van der Waals surface area contributed by atoms with Crippen LogP contribution in [-0.4, -0.2) is 10.2 Å². The molecule has 0 bridgehead atoms. The zero-order valence-electron chi connectivity index (χ0n) is 7.02. The first-order valence-electron chi connectivity index (χ1n) is 3.58. The molecule has 1 aromatic heterocycles. The molecular weight excluding hydrogens is 326 g/mol. The van der Waals surface area contributed by atoms with Gasteiger partial charge in [0.25, 0.3) is 11.7 Å². The van der Waals surface area contributed by atoms with E-state index >= 15 is 0 Å². The number of halogens is 4. The van der Waals surface area contributed by atoms with Gasteiger partial charge in [-0.3, -0.25) is 9.78 Å². The van der Waals surface area contributed by atoms with Crippen molar-refractivity contribution in [3.63, 3.8) is 0 Å². The Balaban J connectivity index is 3.35. The van der Waals surface area contributed by atoms with Crippen molar-refractivity contribution in [3.8, 4) is 0 Å². The molecule has 0 unspecified atom stereocenters. The van der Waals surface area contributed by atoms with Crippen molar-refractivity contribution < 1.29 is 13.6 Å². The number of alkyl halides is 2. The van der Waals surface area contributed by atoms with E-state index in [2.05, 4.69) is 4.98 Å². The lowest BCUT2D eigenvalue weighted by atomic mass is 10.2. The van der Waals surface area contributed by atoms with E-state index in [0.717, 1.165) is 6.07 Å². The summed E-state index contributed by atoms with van der Waals surface area (Å²) in [6.45, 7) is 1.55. The van der Waals surface area contributed by atoms with Gasteiger partial charge in [0, 0.05) is 3.57 Å². The van der Waals surface area contributed by atoms with Crippen LogP contribution in [0.15, 0.2) is 6.07 Å². The van der Waals surface area contributed by atoms with E-state index < -0.39 is 17.4 Å². The molecule has 0 atom stereocenters. The van der Waals surface area contributed by atoms with Gasteiger partial charge in [0.2, 0.25) is 0 Å². The lowest BCUT2D eigenvalue weighted by molar-refractivity contribution is 0.107. The summed E-state index contributed by atoms with van der Waals surface area (Å²) in [5, 5.41) is -0.748. The van der Waals surface area contributed by atoms with Gasteiger partial charge in [-0.1, -0.05) is 0 Å². The normalized spacial score (nSPS) is 10.7. The molecular formula is C8H5ClF2INO. The van der Waals surface area contributed by atoms with Gasteiger partial charge in [0.1, 0.15) is 5.69 Å². The largest absolute Gasteiger partial charge is 0.280 e. The summed E-state index contributed by atoms with van der Waals surface area (Å²) in [6, 6.07) is 1.02. The Morgan fingerprint density at radius 1 is 1.64 bits per heavy atom. The molecule has 0 fully saturated rings. The molecule has 76 valence electrons. The molecule has 1 aromatic rings. The topological polar surface area (TPSA) is 30.0 Å². The number of hydrogen-bond donors (Lipinski definition) is 0. The number of rotatable bonds is 2. The summed E-state index contributed by atoms with van der Waals surface area (Å²) in [5.41, 5.74) is 0.0365. The fraction of sp³-hybridized carbons (Fsp3) is 0.250. The highest BCUT2D eigenvalue weighted by atomic mass is 127. The fourth-order valence-electron chi connectivity index (χ4n) is 0.936. The molecule has 14 heavy (non-hydrogen) atoms. The third kappa shape index (κ3) is 2.38. The van der Waals surface area contributed by atoms with Crippen molar-refractivity contribution in [2.75, 3.05) is 0 Å². The first-order chi connectivity index (χ1) is 6.43. The average molecular weight is 331 g/mol. The van der Waals surface area contributed by atoms with Crippen LogP contribution in [0.1, 0.15) is 28.2 Å². The number of nitrogens with zero attached hydrogens (tertiary/aromatic N) is 1. The van der Waals surface area contributed by atoms with Crippen molar-refractivity contribution in [2.24, 2.45) is 0 Å². The molecule has 0 aliphatic carbocycles. The summed E-state index contributed by atoms with van der Waals surface area (Å²) < 4.78 is 25.1. The molecule has 0 radical (unpaired) electrons. The van der Waals surface area contributed by atoms with Crippen LogP contribution in [0.4, 0.5) is 8.78 Å². The van der Waals surface area contributed by atoms with Crippen LogP contribution in [0.5, 0.6) is 0 Å². The smallest absolute Gasteiger partial charge is 0.276 e. The second-order valence-corrected chi connectivity index (χ2v) is 3.99. The molecule has 0 N–H and O–H groups in total. The van der Waals surface area contributed by atoms with E-state index in [1.54, 1.807) is 6.92 Å². The Morgan fingerprint density at radius 3 is 2.64 bits per heavy atom. The van der Waals surface area contributed by atoms with Crippen molar-refractivity contribution in [3.05, 3.63) is 26.6 Å². The van der Waals surface area contributed by atoms with Crippen molar-refractivity contribution >= 4 is 39.4 Å². The van der Waals surface area contributed by atoms with Gasteiger partial charge in [-0.15, -0.1) is 0 Å². The Morgan fingerprint density at radius 2 is 2.21 bits per heavy atom. The number of pyridine rings is 1. The van der Waals surface area contributed by atoms with Gasteiger partial charge in [0.05, 0.1) is 11.3 Å². The molecule has 2 nitrogen and oxygen atoms in total. The van der Waals surface area contributed by atoms with Gasteiger partial charge < -0.3 is 0 Å². The number of aromatic nitrogens is 1.